The van der Waals surface area contributed by atoms with Crippen LogP contribution in [-0.4, -0.2) is 10.1 Å². The molecule has 0 spiro atoms. The fourth-order valence-electron chi connectivity index (χ4n) is 2.37. The maximum Gasteiger partial charge on any atom is 0.159 e. The first-order valence-corrected chi connectivity index (χ1v) is 7.13. The first-order valence-electron chi connectivity index (χ1n) is 7.13. The standard InChI is InChI=1S/C18H22N2O/c1-17(2,3)13-9-14(18(4,5)6)20-15-12(13)8-7-11(10-19)16(15)21/h7-9,21H,1-6H3. The SMILES string of the molecule is CC(C)(C)c1cc(C(C)(C)C)c2ccc(C#N)c(O)c2n1. The predicted molar refractivity (Wildman–Crippen MR) is 85.5 cm³/mol. The summed E-state index contributed by atoms with van der Waals surface area (Å²) in [5.41, 5.74) is 2.65. The van der Waals surface area contributed by atoms with Gasteiger partial charge in [-0.2, -0.15) is 5.26 Å². The van der Waals surface area contributed by atoms with Crippen molar-refractivity contribution in [1.82, 2.24) is 4.98 Å². The second-order valence-electron chi connectivity index (χ2n) is 7.52. The first kappa shape index (κ1) is 15.3. The van der Waals surface area contributed by atoms with Crippen LogP contribution >= 0.6 is 0 Å². The normalized spacial score (nSPS) is 12.4. The number of nitriles is 1. The topological polar surface area (TPSA) is 56.9 Å². The summed E-state index contributed by atoms with van der Waals surface area (Å²) in [6, 6.07) is 7.67. The van der Waals surface area contributed by atoms with Gasteiger partial charge in [0.2, 0.25) is 0 Å². The Balaban J connectivity index is 2.96. The summed E-state index contributed by atoms with van der Waals surface area (Å²) >= 11 is 0. The van der Waals surface area contributed by atoms with Gasteiger partial charge in [0.1, 0.15) is 11.6 Å². The Bertz CT molecular complexity index is 741. The molecule has 3 heteroatoms. The van der Waals surface area contributed by atoms with Crippen molar-refractivity contribution in [3.05, 3.63) is 35.0 Å². The minimum absolute atomic E-state index is 0.0217. The maximum atomic E-state index is 10.3. The molecular formula is C18H22N2O. The molecule has 0 saturated heterocycles. The van der Waals surface area contributed by atoms with E-state index in [0.29, 0.717) is 5.52 Å². The minimum Gasteiger partial charge on any atom is -0.504 e. The lowest BCUT2D eigenvalue weighted by atomic mass is 9.81. The summed E-state index contributed by atoms with van der Waals surface area (Å²) in [5.74, 6) is -0.0217. The van der Waals surface area contributed by atoms with Crippen molar-refractivity contribution < 1.29 is 5.11 Å². The van der Waals surface area contributed by atoms with Gasteiger partial charge >= 0.3 is 0 Å². The van der Waals surface area contributed by atoms with E-state index in [-0.39, 0.29) is 22.1 Å². The minimum atomic E-state index is -0.122. The summed E-state index contributed by atoms with van der Waals surface area (Å²) in [6.45, 7) is 12.7. The zero-order valence-corrected chi connectivity index (χ0v) is 13.6. The summed E-state index contributed by atoms with van der Waals surface area (Å²) in [4.78, 5) is 4.63. The van der Waals surface area contributed by atoms with Gasteiger partial charge in [-0.1, -0.05) is 47.6 Å². The van der Waals surface area contributed by atoms with Crippen LogP contribution < -0.4 is 0 Å². The van der Waals surface area contributed by atoms with Crippen LogP contribution in [-0.2, 0) is 10.8 Å². The highest BCUT2D eigenvalue weighted by Gasteiger charge is 2.24. The third-order valence-electron chi connectivity index (χ3n) is 3.65. The first-order chi connectivity index (χ1) is 9.55. The van der Waals surface area contributed by atoms with Crippen molar-refractivity contribution in [2.75, 3.05) is 0 Å². The molecule has 1 N–H and O–H groups in total. The molecule has 0 aliphatic heterocycles. The summed E-state index contributed by atoms with van der Waals surface area (Å²) in [6.07, 6.45) is 0. The van der Waals surface area contributed by atoms with E-state index in [1.807, 2.05) is 12.1 Å². The van der Waals surface area contributed by atoms with Gasteiger partial charge in [0.05, 0.1) is 5.56 Å². The quantitative estimate of drug-likeness (QED) is 0.778. The van der Waals surface area contributed by atoms with E-state index in [1.165, 1.54) is 0 Å². The number of phenols is 1. The number of rotatable bonds is 0. The Labute approximate surface area is 126 Å². The van der Waals surface area contributed by atoms with Crippen molar-refractivity contribution in [2.24, 2.45) is 0 Å². The Kier molecular flexibility index (Phi) is 3.45. The van der Waals surface area contributed by atoms with Crippen LogP contribution in [0, 0.1) is 11.3 Å². The van der Waals surface area contributed by atoms with Gasteiger partial charge in [-0.05, 0) is 23.1 Å². The number of fused-ring (bicyclic) bond motifs is 1. The van der Waals surface area contributed by atoms with E-state index in [4.69, 9.17) is 5.26 Å². The lowest BCUT2D eigenvalue weighted by Crippen LogP contribution is -2.18. The van der Waals surface area contributed by atoms with Crippen molar-refractivity contribution in [2.45, 2.75) is 52.4 Å². The number of nitrogens with zero attached hydrogens (tertiary/aromatic N) is 2. The fraction of sp³-hybridized carbons (Fsp3) is 0.444. The highest BCUT2D eigenvalue weighted by atomic mass is 16.3. The summed E-state index contributed by atoms with van der Waals surface area (Å²) < 4.78 is 0. The number of benzene rings is 1. The highest BCUT2D eigenvalue weighted by molar-refractivity contribution is 5.90. The zero-order chi connectivity index (χ0) is 16.0. The zero-order valence-electron chi connectivity index (χ0n) is 13.6. The molecule has 2 rings (SSSR count). The molecule has 3 nitrogen and oxygen atoms in total. The van der Waals surface area contributed by atoms with Gasteiger partial charge in [-0.15, -0.1) is 0 Å². The van der Waals surface area contributed by atoms with Gasteiger partial charge in [0.25, 0.3) is 0 Å². The monoisotopic (exact) mass is 282 g/mol. The van der Waals surface area contributed by atoms with Gasteiger partial charge in [0, 0.05) is 16.5 Å². The highest BCUT2D eigenvalue weighted by Crippen LogP contribution is 2.37. The Morgan fingerprint density at radius 1 is 1.05 bits per heavy atom. The summed E-state index contributed by atoms with van der Waals surface area (Å²) in [7, 11) is 0. The van der Waals surface area contributed by atoms with Crippen LogP contribution in [0.2, 0.25) is 0 Å². The van der Waals surface area contributed by atoms with Crippen LogP contribution in [0.3, 0.4) is 0 Å². The number of hydrogen-bond donors (Lipinski definition) is 1. The lowest BCUT2D eigenvalue weighted by Gasteiger charge is -2.26. The second-order valence-corrected chi connectivity index (χ2v) is 7.52. The van der Waals surface area contributed by atoms with Crippen molar-refractivity contribution >= 4 is 10.9 Å². The van der Waals surface area contributed by atoms with Crippen molar-refractivity contribution in [1.29, 1.82) is 5.26 Å². The number of pyridine rings is 1. The molecular weight excluding hydrogens is 260 g/mol. The fourth-order valence-corrected chi connectivity index (χ4v) is 2.37. The number of aromatic hydroxyl groups is 1. The van der Waals surface area contributed by atoms with E-state index in [2.05, 4.69) is 52.6 Å². The Morgan fingerprint density at radius 3 is 2.14 bits per heavy atom. The third kappa shape index (κ3) is 2.71. The number of hydrogen-bond acceptors (Lipinski definition) is 3. The molecule has 0 aliphatic carbocycles. The van der Waals surface area contributed by atoms with Crippen LogP contribution in [0.5, 0.6) is 5.75 Å². The number of aromatic nitrogens is 1. The largest absolute Gasteiger partial charge is 0.504 e. The van der Waals surface area contributed by atoms with Gasteiger partial charge < -0.3 is 5.11 Å². The molecule has 0 bridgehead atoms. The van der Waals surface area contributed by atoms with Crippen LogP contribution in [0.1, 0.15) is 58.4 Å². The molecule has 0 amide bonds. The van der Waals surface area contributed by atoms with E-state index in [9.17, 15) is 5.11 Å². The smallest absolute Gasteiger partial charge is 0.159 e. The van der Waals surface area contributed by atoms with Gasteiger partial charge in [0.15, 0.2) is 5.75 Å². The van der Waals surface area contributed by atoms with Crippen LogP contribution in [0.4, 0.5) is 0 Å². The van der Waals surface area contributed by atoms with E-state index < -0.39 is 0 Å². The predicted octanol–water partition coefficient (Wildman–Crippen LogP) is 4.41. The molecule has 0 aliphatic rings. The van der Waals surface area contributed by atoms with E-state index in [1.54, 1.807) is 6.07 Å². The maximum absolute atomic E-state index is 10.3. The van der Waals surface area contributed by atoms with Crippen LogP contribution in [0.15, 0.2) is 18.2 Å². The third-order valence-corrected chi connectivity index (χ3v) is 3.65. The molecule has 1 aromatic carbocycles. The average Bonchev–Trinajstić information content (AvgIpc) is 2.36. The van der Waals surface area contributed by atoms with Crippen molar-refractivity contribution in [3.63, 3.8) is 0 Å². The lowest BCUT2D eigenvalue weighted by molar-refractivity contribution is 0.477. The van der Waals surface area contributed by atoms with Gasteiger partial charge in [-0.25, -0.2) is 4.98 Å². The Hall–Kier alpha value is -2.08. The van der Waals surface area contributed by atoms with Gasteiger partial charge in [-0.3, -0.25) is 0 Å². The molecule has 0 saturated carbocycles. The van der Waals surface area contributed by atoms with Crippen molar-refractivity contribution in [3.8, 4) is 11.8 Å². The second kappa shape index (κ2) is 4.73. The van der Waals surface area contributed by atoms with Crippen LogP contribution in [0.25, 0.3) is 10.9 Å². The molecule has 1 heterocycles. The van der Waals surface area contributed by atoms with E-state index >= 15 is 0 Å². The molecule has 2 aromatic rings. The summed E-state index contributed by atoms with van der Waals surface area (Å²) in [5, 5.41) is 20.4. The molecule has 1 aromatic heterocycles. The molecule has 0 fully saturated rings. The molecule has 21 heavy (non-hydrogen) atoms. The Morgan fingerprint density at radius 2 is 1.67 bits per heavy atom. The molecule has 0 radical (unpaired) electrons. The van der Waals surface area contributed by atoms with E-state index in [0.717, 1.165) is 16.6 Å². The molecule has 110 valence electrons. The molecule has 0 unspecified atom stereocenters. The average molecular weight is 282 g/mol. The molecule has 0 atom stereocenters. The number of phenolic OH excluding ortho intramolecular Hbond substituents is 1.